The van der Waals surface area contributed by atoms with Gasteiger partial charge < -0.3 is 4.74 Å². The van der Waals surface area contributed by atoms with Crippen LogP contribution in [-0.4, -0.2) is 17.7 Å². The lowest BCUT2D eigenvalue weighted by molar-refractivity contribution is -0.180. The van der Waals surface area contributed by atoms with Crippen LogP contribution in [0.1, 0.15) is 18.6 Å². The number of hydrogen-bond donors (Lipinski definition) is 0. The second kappa shape index (κ2) is 4.18. The molecule has 0 saturated carbocycles. The zero-order chi connectivity index (χ0) is 12.7. The molecule has 1 aliphatic heterocycles. The Morgan fingerprint density at radius 1 is 1.29 bits per heavy atom. The van der Waals surface area contributed by atoms with Crippen LogP contribution in [0.15, 0.2) is 30.3 Å². The van der Waals surface area contributed by atoms with Gasteiger partial charge in [0.15, 0.2) is 4.87 Å². The summed E-state index contributed by atoms with van der Waals surface area (Å²) >= 11 is 5.85. The van der Waals surface area contributed by atoms with E-state index in [-0.39, 0.29) is 6.61 Å². The summed E-state index contributed by atoms with van der Waals surface area (Å²) in [7, 11) is 0. The molecule has 0 aromatic heterocycles. The topological polar surface area (TPSA) is 9.23 Å². The molecular formula is C12H12ClF3O. The predicted octanol–water partition coefficient (Wildman–Crippen LogP) is 3.93. The molecule has 0 amide bonds. The van der Waals surface area contributed by atoms with Gasteiger partial charge in [-0.05, 0) is 5.56 Å². The van der Waals surface area contributed by atoms with Crippen LogP contribution in [0.25, 0.3) is 0 Å². The molecule has 2 rings (SSSR count). The zero-order valence-electron chi connectivity index (χ0n) is 9.17. The van der Waals surface area contributed by atoms with Crippen LogP contribution < -0.4 is 0 Å². The van der Waals surface area contributed by atoms with E-state index in [0.717, 1.165) is 0 Å². The molecule has 0 aliphatic carbocycles. The molecule has 1 saturated heterocycles. The molecule has 17 heavy (non-hydrogen) atoms. The summed E-state index contributed by atoms with van der Waals surface area (Å²) in [6, 6.07) is 8.30. The molecule has 94 valence electrons. The van der Waals surface area contributed by atoms with Gasteiger partial charge >= 0.3 is 6.18 Å². The van der Waals surface area contributed by atoms with Gasteiger partial charge in [0.2, 0.25) is 0 Å². The lowest BCUT2D eigenvalue weighted by Gasteiger charge is -2.33. The molecule has 1 aliphatic rings. The van der Waals surface area contributed by atoms with Crippen LogP contribution in [-0.2, 0) is 4.74 Å². The lowest BCUT2D eigenvalue weighted by atomic mass is 9.87. The van der Waals surface area contributed by atoms with E-state index >= 15 is 0 Å². The van der Waals surface area contributed by atoms with E-state index in [0.29, 0.717) is 5.56 Å². The molecule has 1 aromatic rings. The molecule has 1 aromatic carbocycles. The summed E-state index contributed by atoms with van der Waals surface area (Å²) in [6.07, 6.45) is -5.63. The van der Waals surface area contributed by atoms with Gasteiger partial charge in [0.05, 0.1) is 6.61 Å². The fourth-order valence-corrected chi connectivity index (χ4v) is 2.39. The largest absolute Gasteiger partial charge is 0.410 e. The van der Waals surface area contributed by atoms with Crippen molar-refractivity contribution < 1.29 is 17.9 Å². The van der Waals surface area contributed by atoms with Crippen molar-refractivity contribution in [2.24, 2.45) is 5.92 Å². The van der Waals surface area contributed by atoms with Crippen molar-refractivity contribution in [2.75, 3.05) is 6.61 Å². The van der Waals surface area contributed by atoms with Gasteiger partial charge in [-0.25, -0.2) is 0 Å². The summed E-state index contributed by atoms with van der Waals surface area (Å²) in [5.74, 6) is -0.769. The van der Waals surface area contributed by atoms with Crippen LogP contribution in [0, 0.1) is 5.92 Å². The predicted molar refractivity (Wildman–Crippen MR) is 58.9 cm³/mol. The molecular weight excluding hydrogens is 253 g/mol. The van der Waals surface area contributed by atoms with Gasteiger partial charge in [-0.3, -0.25) is 0 Å². The summed E-state index contributed by atoms with van der Waals surface area (Å²) in [5, 5.41) is 0. The van der Waals surface area contributed by atoms with Crippen molar-refractivity contribution >= 4 is 11.6 Å². The number of alkyl halides is 4. The zero-order valence-corrected chi connectivity index (χ0v) is 9.92. The maximum atomic E-state index is 13.1. The number of rotatable bonds is 1. The highest BCUT2D eigenvalue weighted by Gasteiger charge is 2.65. The van der Waals surface area contributed by atoms with Gasteiger partial charge in [0, 0.05) is 5.92 Å². The third-order valence-electron chi connectivity index (χ3n) is 3.15. The van der Waals surface area contributed by atoms with Gasteiger partial charge in [-0.2, -0.15) is 13.2 Å². The smallest absolute Gasteiger partial charge is 0.371 e. The molecule has 0 N–H and O–H groups in total. The second-order valence-electron chi connectivity index (χ2n) is 4.29. The molecule has 3 unspecified atom stereocenters. The number of benzene rings is 1. The van der Waals surface area contributed by atoms with Crippen molar-refractivity contribution in [1.29, 1.82) is 0 Å². The van der Waals surface area contributed by atoms with Gasteiger partial charge in [0.25, 0.3) is 0 Å². The van der Waals surface area contributed by atoms with E-state index in [9.17, 15) is 13.2 Å². The molecule has 0 spiro atoms. The maximum Gasteiger partial charge on any atom is 0.410 e. The van der Waals surface area contributed by atoms with Crippen molar-refractivity contribution in [2.45, 2.75) is 24.1 Å². The van der Waals surface area contributed by atoms with Crippen LogP contribution in [0.4, 0.5) is 13.2 Å². The van der Waals surface area contributed by atoms with Crippen molar-refractivity contribution in [3.63, 3.8) is 0 Å². The second-order valence-corrected chi connectivity index (χ2v) is 4.92. The first-order valence-electron chi connectivity index (χ1n) is 5.29. The Kier molecular flexibility index (Phi) is 3.12. The monoisotopic (exact) mass is 264 g/mol. The minimum atomic E-state index is -4.50. The highest BCUT2D eigenvalue weighted by molar-refractivity contribution is 6.25. The molecule has 3 atom stereocenters. The number of ether oxygens (including phenoxy) is 1. The first-order valence-corrected chi connectivity index (χ1v) is 5.67. The average molecular weight is 265 g/mol. The summed E-state index contributed by atoms with van der Waals surface area (Å²) in [6.45, 7) is 1.48. The van der Waals surface area contributed by atoms with Crippen molar-refractivity contribution in [3.8, 4) is 0 Å². The Morgan fingerprint density at radius 2 is 1.88 bits per heavy atom. The van der Waals surface area contributed by atoms with Crippen molar-refractivity contribution in [1.82, 2.24) is 0 Å². The van der Waals surface area contributed by atoms with Gasteiger partial charge in [0.1, 0.15) is 6.10 Å². The Morgan fingerprint density at radius 3 is 2.41 bits per heavy atom. The Balaban J connectivity index is 2.42. The van der Waals surface area contributed by atoms with Crippen LogP contribution in [0.5, 0.6) is 0 Å². The molecule has 1 nitrogen and oxygen atoms in total. The Bertz CT molecular complexity index is 392. The average Bonchev–Trinajstić information content (AvgIpc) is 2.58. The first kappa shape index (κ1) is 12.7. The fraction of sp³-hybridized carbons (Fsp3) is 0.500. The van der Waals surface area contributed by atoms with Crippen LogP contribution in [0.2, 0.25) is 0 Å². The third-order valence-corrected chi connectivity index (χ3v) is 3.93. The Hall–Kier alpha value is -0.740. The van der Waals surface area contributed by atoms with Crippen LogP contribution >= 0.6 is 11.6 Å². The summed E-state index contributed by atoms with van der Waals surface area (Å²) < 4.78 is 44.6. The van der Waals surface area contributed by atoms with E-state index in [4.69, 9.17) is 16.3 Å². The standard InChI is InChI=1S/C12H12ClF3O/c1-8-7-17-10(9-5-3-2-4-6-9)11(8,13)12(14,15)16/h2-6,8,10H,7H2,1H3. The van der Waals surface area contributed by atoms with E-state index in [1.807, 2.05) is 0 Å². The Labute approximate surface area is 103 Å². The molecule has 0 bridgehead atoms. The van der Waals surface area contributed by atoms with Crippen LogP contribution in [0.3, 0.4) is 0 Å². The normalized spacial score (nSPS) is 33.9. The fourth-order valence-electron chi connectivity index (χ4n) is 2.14. The van der Waals surface area contributed by atoms with E-state index in [1.54, 1.807) is 30.3 Å². The lowest BCUT2D eigenvalue weighted by Crippen LogP contribution is -2.46. The van der Waals surface area contributed by atoms with E-state index < -0.39 is 23.1 Å². The van der Waals surface area contributed by atoms with Gasteiger partial charge in [-0.15, -0.1) is 11.6 Å². The number of halogens is 4. The SMILES string of the molecule is CC1COC(c2ccccc2)C1(Cl)C(F)(F)F. The molecule has 1 fully saturated rings. The highest BCUT2D eigenvalue weighted by atomic mass is 35.5. The first-order chi connectivity index (χ1) is 7.87. The molecule has 5 heteroatoms. The maximum absolute atomic E-state index is 13.1. The third kappa shape index (κ3) is 1.93. The quantitative estimate of drug-likeness (QED) is 0.698. The highest BCUT2D eigenvalue weighted by Crippen LogP contribution is 2.55. The van der Waals surface area contributed by atoms with E-state index in [2.05, 4.69) is 0 Å². The van der Waals surface area contributed by atoms with Gasteiger partial charge in [-0.1, -0.05) is 37.3 Å². The van der Waals surface area contributed by atoms with E-state index in [1.165, 1.54) is 6.92 Å². The molecule has 0 radical (unpaired) electrons. The summed E-state index contributed by atoms with van der Waals surface area (Å²) in [4.78, 5) is -2.34. The minimum absolute atomic E-state index is 0.0164. The molecule has 1 heterocycles. The summed E-state index contributed by atoms with van der Waals surface area (Å²) in [5.41, 5.74) is 0.462. The van der Waals surface area contributed by atoms with Crippen molar-refractivity contribution in [3.05, 3.63) is 35.9 Å². The minimum Gasteiger partial charge on any atom is -0.371 e. The number of hydrogen-bond acceptors (Lipinski definition) is 1.